The molecule has 0 spiro atoms. The van der Waals surface area contributed by atoms with Gasteiger partial charge in [0.2, 0.25) is 5.89 Å². The van der Waals surface area contributed by atoms with Crippen LogP contribution in [0.25, 0.3) is 0 Å². The average molecular weight is 254 g/mol. The summed E-state index contributed by atoms with van der Waals surface area (Å²) in [4.78, 5) is 4.32. The lowest BCUT2D eigenvalue weighted by Gasteiger charge is -1.97. The molecule has 92 valence electrons. The Labute approximate surface area is 103 Å². The van der Waals surface area contributed by atoms with E-state index in [2.05, 4.69) is 20.5 Å². The molecule has 0 saturated heterocycles. The lowest BCUT2D eigenvalue weighted by molar-refractivity contribution is 0.115. The second-order valence-electron chi connectivity index (χ2n) is 3.35. The molecule has 0 saturated carbocycles. The molecule has 0 amide bonds. The Kier molecular flexibility index (Phi) is 4.05. The van der Waals surface area contributed by atoms with Crippen molar-refractivity contribution in [1.82, 2.24) is 15.2 Å². The van der Waals surface area contributed by atoms with Crippen LogP contribution in [0.1, 0.15) is 23.5 Å². The van der Waals surface area contributed by atoms with E-state index in [9.17, 15) is 0 Å². The summed E-state index contributed by atoms with van der Waals surface area (Å²) in [5, 5.41) is 13.8. The van der Waals surface area contributed by atoms with Gasteiger partial charge in [-0.05, 0) is 13.8 Å². The smallest absolute Gasteiger partial charge is 0.315 e. The minimum Gasteiger partial charge on any atom is -0.406 e. The zero-order chi connectivity index (χ0) is 12.1. The summed E-state index contributed by atoms with van der Waals surface area (Å²) >= 11 is 1.62. The Hall–Kier alpha value is -1.47. The molecular weight excluding hydrogens is 240 g/mol. The topological polar surface area (TPSA) is 73.1 Å². The third kappa shape index (κ3) is 3.50. The molecule has 2 aromatic heterocycles. The van der Waals surface area contributed by atoms with Crippen molar-refractivity contribution in [3.05, 3.63) is 22.0 Å². The Bertz CT molecular complexity index is 468. The van der Waals surface area contributed by atoms with Crippen LogP contribution in [0.3, 0.4) is 0 Å². The van der Waals surface area contributed by atoms with Crippen LogP contribution in [-0.4, -0.2) is 21.8 Å². The van der Waals surface area contributed by atoms with Crippen LogP contribution in [0.4, 0.5) is 6.01 Å². The highest BCUT2D eigenvalue weighted by atomic mass is 32.1. The van der Waals surface area contributed by atoms with Crippen LogP contribution in [0, 0.1) is 6.92 Å². The van der Waals surface area contributed by atoms with Gasteiger partial charge in [-0.1, -0.05) is 5.10 Å². The molecule has 0 bridgehead atoms. The Morgan fingerprint density at radius 1 is 1.47 bits per heavy atom. The number of aryl methyl sites for hydroxylation is 1. The summed E-state index contributed by atoms with van der Waals surface area (Å²) in [5.41, 5.74) is 0.969. The van der Waals surface area contributed by atoms with E-state index in [4.69, 9.17) is 9.15 Å². The first-order chi connectivity index (χ1) is 8.28. The van der Waals surface area contributed by atoms with Crippen LogP contribution < -0.4 is 5.32 Å². The standard InChI is InChI=1S/C10H14N4O2S/c1-3-15-5-9-13-14-10(16-9)11-4-8-6-17-7(2)12-8/h6H,3-5H2,1-2H3,(H,11,14). The molecule has 0 aliphatic heterocycles. The quantitative estimate of drug-likeness (QED) is 0.849. The van der Waals surface area contributed by atoms with Crippen molar-refractivity contribution >= 4 is 17.4 Å². The molecule has 0 atom stereocenters. The third-order valence-electron chi connectivity index (χ3n) is 1.98. The summed E-state index contributed by atoms with van der Waals surface area (Å²) in [6, 6.07) is 0.394. The highest BCUT2D eigenvalue weighted by molar-refractivity contribution is 7.09. The molecule has 0 unspecified atom stereocenters. The molecule has 2 heterocycles. The summed E-state index contributed by atoms with van der Waals surface area (Å²) in [7, 11) is 0. The normalized spacial score (nSPS) is 10.7. The van der Waals surface area contributed by atoms with Crippen LogP contribution in [-0.2, 0) is 17.9 Å². The molecule has 1 N–H and O–H groups in total. The second-order valence-corrected chi connectivity index (χ2v) is 4.41. The molecule has 7 heteroatoms. The fourth-order valence-corrected chi connectivity index (χ4v) is 1.84. The predicted octanol–water partition coefficient (Wildman–Crippen LogP) is 1.98. The van der Waals surface area contributed by atoms with Gasteiger partial charge < -0.3 is 14.5 Å². The molecule has 0 aliphatic rings. The van der Waals surface area contributed by atoms with E-state index < -0.39 is 0 Å². The number of anilines is 1. The first kappa shape index (κ1) is 12.0. The number of rotatable bonds is 6. The zero-order valence-electron chi connectivity index (χ0n) is 9.77. The summed E-state index contributed by atoms with van der Waals surface area (Å²) in [5.74, 6) is 0.476. The lowest BCUT2D eigenvalue weighted by Crippen LogP contribution is -1.99. The maximum Gasteiger partial charge on any atom is 0.315 e. The highest BCUT2D eigenvalue weighted by Gasteiger charge is 2.06. The fourth-order valence-electron chi connectivity index (χ4n) is 1.23. The Morgan fingerprint density at radius 2 is 2.35 bits per heavy atom. The number of thiazole rings is 1. The van der Waals surface area contributed by atoms with Gasteiger partial charge in [0.05, 0.1) is 17.2 Å². The van der Waals surface area contributed by atoms with E-state index in [0.717, 1.165) is 10.7 Å². The first-order valence-electron chi connectivity index (χ1n) is 5.33. The van der Waals surface area contributed by atoms with Gasteiger partial charge >= 0.3 is 6.01 Å². The van der Waals surface area contributed by atoms with Crippen molar-refractivity contribution < 1.29 is 9.15 Å². The summed E-state index contributed by atoms with van der Waals surface area (Å²) in [6.45, 7) is 5.45. The summed E-state index contributed by atoms with van der Waals surface area (Å²) < 4.78 is 10.5. The number of nitrogens with one attached hydrogen (secondary N) is 1. The van der Waals surface area contributed by atoms with Gasteiger partial charge in [-0.3, -0.25) is 0 Å². The summed E-state index contributed by atoms with van der Waals surface area (Å²) in [6.07, 6.45) is 0. The Balaban J connectivity index is 1.84. The molecule has 6 nitrogen and oxygen atoms in total. The zero-order valence-corrected chi connectivity index (χ0v) is 10.6. The van der Waals surface area contributed by atoms with Gasteiger partial charge in [0, 0.05) is 12.0 Å². The largest absolute Gasteiger partial charge is 0.406 e. The minimum absolute atomic E-state index is 0.348. The maximum absolute atomic E-state index is 5.33. The molecule has 2 aromatic rings. The van der Waals surface area contributed by atoms with Crippen molar-refractivity contribution in [1.29, 1.82) is 0 Å². The van der Waals surface area contributed by atoms with Crippen molar-refractivity contribution in [2.75, 3.05) is 11.9 Å². The number of nitrogens with zero attached hydrogens (tertiary/aromatic N) is 3. The van der Waals surface area contributed by atoms with Gasteiger partial charge in [0.1, 0.15) is 6.61 Å². The molecule has 0 aliphatic carbocycles. The second kappa shape index (κ2) is 5.74. The highest BCUT2D eigenvalue weighted by Crippen LogP contribution is 2.11. The van der Waals surface area contributed by atoms with Gasteiger partial charge in [-0.25, -0.2) is 4.98 Å². The number of hydrogen-bond donors (Lipinski definition) is 1. The van der Waals surface area contributed by atoms with Crippen molar-refractivity contribution in [2.45, 2.75) is 27.0 Å². The monoisotopic (exact) mass is 254 g/mol. The average Bonchev–Trinajstić information content (AvgIpc) is 2.93. The number of hydrogen-bond acceptors (Lipinski definition) is 7. The van der Waals surface area contributed by atoms with E-state index in [-0.39, 0.29) is 0 Å². The van der Waals surface area contributed by atoms with Gasteiger partial charge in [0.25, 0.3) is 0 Å². The Morgan fingerprint density at radius 3 is 3.06 bits per heavy atom. The van der Waals surface area contributed by atoms with E-state index in [1.165, 1.54) is 0 Å². The predicted molar refractivity (Wildman–Crippen MR) is 63.8 cm³/mol. The lowest BCUT2D eigenvalue weighted by atomic mass is 10.5. The van der Waals surface area contributed by atoms with Crippen LogP contribution in [0.2, 0.25) is 0 Å². The van der Waals surface area contributed by atoms with E-state index in [1.807, 2.05) is 19.2 Å². The van der Waals surface area contributed by atoms with Crippen LogP contribution >= 0.6 is 11.3 Å². The molecule has 2 rings (SSSR count). The molecule has 0 aromatic carbocycles. The van der Waals surface area contributed by atoms with E-state index >= 15 is 0 Å². The third-order valence-corrected chi connectivity index (χ3v) is 2.81. The van der Waals surface area contributed by atoms with Crippen LogP contribution in [0.15, 0.2) is 9.80 Å². The van der Waals surface area contributed by atoms with Gasteiger partial charge in [0.15, 0.2) is 0 Å². The molecule has 17 heavy (non-hydrogen) atoms. The molecule has 0 radical (unpaired) electrons. The fraction of sp³-hybridized carbons (Fsp3) is 0.500. The van der Waals surface area contributed by atoms with Crippen molar-refractivity contribution in [2.24, 2.45) is 0 Å². The SMILES string of the molecule is CCOCc1nnc(NCc2csc(C)n2)o1. The maximum atomic E-state index is 5.33. The van der Waals surface area contributed by atoms with Crippen molar-refractivity contribution in [3.63, 3.8) is 0 Å². The van der Waals surface area contributed by atoms with Gasteiger partial charge in [-0.2, -0.15) is 0 Å². The molecule has 0 fully saturated rings. The first-order valence-corrected chi connectivity index (χ1v) is 6.21. The van der Waals surface area contributed by atoms with Gasteiger partial charge in [-0.15, -0.1) is 16.4 Å². The van der Waals surface area contributed by atoms with Crippen LogP contribution in [0.5, 0.6) is 0 Å². The molecular formula is C10H14N4O2S. The number of ether oxygens (including phenoxy) is 1. The number of aromatic nitrogens is 3. The minimum atomic E-state index is 0.348. The van der Waals surface area contributed by atoms with E-state index in [1.54, 1.807) is 11.3 Å². The van der Waals surface area contributed by atoms with E-state index in [0.29, 0.717) is 31.7 Å². The van der Waals surface area contributed by atoms with Crippen molar-refractivity contribution in [3.8, 4) is 0 Å².